The lowest BCUT2D eigenvalue weighted by atomic mass is 9.90. The lowest BCUT2D eigenvalue weighted by Gasteiger charge is -2.21. The van der Waals surface area contributed by atoms with E-state index in [-0.39, 0.29) is 12.5 Å². The van der Waals surface area contributed by atoms with Crippen LogP contribution in [0.25, 0.3) is 0 Å². The van der Waals surface area contributed by atoms with Crippen molar-refractivity contribution >= 4 is 11.9 Å². The zero-order valence-corrected chi connectivity index (χ0v) is 12.0. The van der Waals surface area contributed by atoms with Crippen LogP contribution in [0.4, 0.5) is 0 Å². The normalized spacial score (nSPS) is 21.9. The number of nitrogens with zero attached hydrogens (tertiary/aromatic N) is 1. The number of carbonyl (C=O) groups is 2. The van der Waals surface area contributed by atoms with Crippen molar-refractivity contribution < 1.29 is 19.4 Å². The number of carboxylic acids is 1. The number of benzene rings is 1. The second kappa shape index (κ2) is 5.15. The molecule has 0 bridgehead atoms. The van der Waals surface area contributed by atoms with Gasteiger partial charge in [0.15, 0.2) is 0 Å². The molecule has 1 heterocycles. The number of aryl methyl sites for hydroxylation is 1. The molecule has 108 valence electrons. The van der Waals surface area contributed by atoms with Gasteiger partial charge < -0.3 is 14.7 Å². The van der Waals surface area contributed by atoms with Crippen molar-refractivity contribution in [1.29, 1.82) is 0 Å². The van der Waals surface area contributed by atoms with E-state index in [0.717, 1.165) is 5.56 Å². The maximum atomic E-state index is 12.5. The van der Waals surface area contributed by atoms with Crippen LogP contribution < -0.4 is 4.74 Å². The van der Waals surface area contributed by atoms with Crippen LogP contribution in [0.5, 0.6) is 5.75 Å². The predicted octanol–water partition coefficient (Wildman–Crippen LogP) is 1.94. The summed E-state index contributed by atoms with van der Waals surface area (Å²) in [7, 11) is 1.58. The first kappa shape index (κ1) is 14.4. The van der Waals surface area contributed by atoms with Gasteiger partial charge >= 0.3 is 5.97 Å². The van der Waals surface area contributed by atoms with Crippen molar-refractivity contribution in [2.75, 3.05) is 20.2 Å². The largest absolute Gasteiger partial charge is 0.497 e. The molecule has 5 nitrogen and oxygen atoms in total. The summed E-state index contributed by atoms with van der Waals surface area (Å²) in [6.07, 6.45) is 0.489. The smallest absolute Gasteiger partial charge is 0.311 e. The number of ether oxygens (including phenoxy) is 1. The van der Waals surface area contributed by atoms with Crippen LogP contribution in [-0.4, -0.2) is 42.1 Å². The third-order valence-corrected chi connectivity index (χ3v) is 3.94. The molecule has 1 aromatic carbocycles. The van der Waals surface area contributed by atoms with Crippen LogP contribution in [0.3, 0.4) is 0 Å². The number of amides is 1. The minimum atomic E-state index is -0.848. The maximum absolute atomic E-state index is 12.5. The molecule has 1 fully saturated rings. The molecular weight excluding hydrogens is 258 g/mol. The first-order valence-electron chi connectivity index (χ1n) is 6.55. The number of aliphatic carboxylic acids is 1. The van der Waals surface area contributed by atoms with Gasteiger partial charge in [0.25, 0.3) is 5.91 Å². The van der Waals surface area contributed by atoms with Gasteiger partial charge in [0, 0.05) is 18.7 Å². The monoisotopic (exact) mass is 277 g/mol. The molecule has 5 heteroatoms. The Bertz CT molecular complexity index is 555. The summed E-state index contributed by atoms with van der Waals surface area (Å²) in [6.45, 7) is 4.27. The Hall–Kier alpha value is -2.04. The van der Waals surface area contributed by atoms with Crippen LogP contribution in [0.1, 0.15) is 29.3 Å². The van der Waals surface area contributed by atoms with Gasteiger partial charge in [-0.2, -0.15) is 0 Å². The van der Waals surface area contributed by atoms with Crippen LogP contribution in [0.2, 0.25) is 0 Å². The van der Waals surface area contributed by atoms with Gasteiger partial charge in [-0.15, -0.1) is 0 Å². The maximum Gasteiger partial charge on any atom is 0.311 e. The highest BCUT2D eigenvalue weighted by molar-refractivity contribution is 5.96. The van der Waals surface area contributed by atoms with Gasteiger partial charge in [0.2, 0.25) is 0 Å². The number of methoxy groups -OCH3 is 1. The highest BCUT2D eigenvalue weighted by atomic mass is 16.5. The molecule has 1 aliphatic heterocycles. The Morgan fingerprint density at radius 3 is 2.60 bits per heavy atom. The molecule has 0 aliphatic carbocycles. The quantitative estimate of drug-likeness (QED) is 0.917. The Morgan fingerprint density at radius 2 is 2.10 bits per heavy atom. The van der Waals surface area contributed by atoms with E-state index in [1.807, 2.05) is 6.92 Å². The Kier molecular flexibility index (Phi) is 3.70. The van der Waals surface area contributed by atoms with Gasteiger partial charge in [-0.1, -0.05) is 0 Å². The van der Waals surface area contributed by atoms with Crippen LogP contribution in [0.15, 0.2) is 18.2 Å². The molecule has 1 atom stereocenters. The predicted molar refractivity (Wildman–Crippen MR) is 74.0 cm³/mol. The van der Waals surface area contributed by atoms with E-state index < -0.39 is 11.4 Å². The minimum absolute atomic E-state index is 0.116. The van der Waals surface area contributed by atoms with Crippen molar-refractivity contribution in [3.8, 4) is 5.75 Å². The fourth-order valence-electron chi connectivity index (χ4n) is 2.48. The van der Waals surface area contributed by atoms with Gasteiger partial charge in [-0.05, 0) is 44.0 Å². The van der Waals surface area contributed by atoms with Gasteiger partial charge in [0.1, 0.15) is 5.75 Å². The molecule has 1 aromatic rings. The van der Waals surface area contributed by atoms with Crippen molar-refractivity contribution in [1.82, 2.24) is 4.90 Å². The zero-order chi connectivity index (χ0) is 14.9. The molecule has 1 amide bonds. The molecule has 0 radical (unpaired) electrons. The Morgan fingerprint density at radius 1 is 1.40 bits per heavy atom. The Labute approximate surface area is 118 Å². The molecule has 1 unspecified atom stereocenters. The van der Waals surface area contributed by atoms with Crippen molar-refractivity contribution in [2.24, 2.45) is 5.41 Å². The van der Waals surface area contributed by atoms with Crippen molar-refractivity contribution in [3.63, 3.8) is 0 Å². The fourth-order valence-corrected chi connectivity index (χ4v) is 2.48. The first-order valence-corrected chi connectivity index (χ1v) is 6.55. The van der Waals surface area contributed by atoms with Gasteiger partial charge in [-0.3, -0.25) is 9.59 Å². The lowest BCUT2D eigenvalue weighted by Crippen LogP contribution is -2.35. The molecular formula is C15H19NO4. The number of hydrogen-bond acceptors (Lipinski definition) is 3. The third kappa shape index (κ3) is 2.48. The summed E-state index contributed by atoms with van der Waals surface area (Å²) in [4.78, 5) is 25.3. The van der Waals surface area contributed by atoms with E-state index in [0.29, 0.717) is 24.3 Å². The summed E-state index contributed by atoms with van der Waals surface area (Å²) in [6, 6.07) is 5.28. The van der Waals surface area contributed by atoms with E-state index in [1.54, 1.807) is 37.1 Å². The van der Waals surface area contributed by atoms with E-state index >= 15 is 0 Å². The number of likely N-dealkylation sites (tertiary alicyclic amines) is 1. The summed E-state index contributed by atoms with van der Waals surface area (Å²) in [5.41, 5.74) is 0.592. The molecule has 1 saturated heterocycles. The first-order chi connectivity index (χ1) is 9.37. The average molecular weight is 277 g/mol. The Balaban J connectivity index is 2.19. The zero-order valence-electron chi connectivity index (χ0n) is 12.0. The SMILES string of the molecule is COc1ccc(C(=O)N2CCC(C)(C(=O)O)C2)c(C)c1. The molecule has 0 spiro atoms. The van der Waals surface area contributed by atoms with Gasteiger partial charge in [-0.25, -0.2) is 0 Å². The highest BCUT2D eigenvalue weighted by Gasteiger charge is 2.42. The second-order valence-corrected chi connectivity index (χ2v) is 5.52. The summed E-state index contributed by atoms with van der Waals surface area (Å²) < 4.78 is 5.12. The van der Waals surface area contributed by atoms with E-state index in [9.17, 15) is 14.7 Å². The van der Waals surface area contributed by atoms with Gasteiger partial charge in [0.05, 0.1) is 12.5 Å². The summed E-state index contributed by atoms with van der Waals surface area (Å²) >= 11 is 0. The lowest BCUT2D eigenvalue weighted by molar-refractivity contribution is -0.147. The second-order valence-electron chi connectivity index (χ2n) is 5.52. The van der Waals surface area contributed by atoms with Crippen LogP contribution in [0, 0.1) is 12.3 Å². The van der Waals surface area contributed by atoms with Crippen molar-refractivity contribution in [3.05, 3.63) is 29.3 Å². The number of rotatable bonds is 3. The van der Waals surface area contributed by atoms with Crippen LogP contribution >= 0.6 is 0 Å². The standard InChI is InChI=1S/C15H19NO4/c1-10-8-11(20-3)4-5-12(10)13(17)16-7-6-15(2,9-16)14(18)19/h4-5,8H,6-7,9H2,1-3H3,(H,18,19). The molecule has 1 aliphatic rings. The molecule has 0 aromatic heterocycles. The summed E-state index contributed by atoms with van der Waals surface area (Å²) in [5, 5.41) is 9.21. The van der Waals surface area contributed by atoms with Crippen LogP contribution in [-0.2, 0) is 4.79 Å². The number of hydrogen-bond donors (Lipinski definition) is 1. The van der Waals surface area contributed by atoms with E-state index in [2.05, 4.69) is 0 Å². The van der Waals surface area contributed by atoms with Crippen molar-refractivity contribution in [2.45, 2.75) is 20.3 Å². The minimum Gasteiger partial charge on any atom is -0.497 e. The molecule has 0 saturated carbocycles. The number of carbonyl (C=O) groups excluding carboxylic acids is 1. The average Bonchev–Trinajstić information content (AvgIpc) is 2.82. The third-order valence-electron chi connectivity index (χ3n) is 3.94. The van der Waals surface area contributed by atoms with E-state index in [1.165, 1.54) is 0 Å². The number of carboxylic acid groups (broad SMARTS) is 1. The molecule has 1 N–H and O–H groups in total. The summed E-state index contributed by atoms with van der Waals surface area (Å²) in [5.74, 6) is -0.259. The fraction of sp³-hybridized carbons (Fsp3) is 0.467. The molecule has 2 rings (SSSR count). The highest BCUT2D eigenvalue weighted by Crippen LogP contribution is 2.31. The van der Waals surface area contributed by atoms with E-state index in [4.69, 9.17) is 4.74 Å². The molecule has 20 heavy (non-hydrogen) atoms. The topological polar surface area (TPSA) is 66.8 Å².